The van der Waals surface area contributed by atoms with E-state index in [2.05, 4.69) is 15.6 Å². The quantitative estimate of drug-likeness (QED) is 0.917. The van der Waals surface area contributed by atoms with Crippen molar-refractivity contribution in [3.05, 3.63) is 35.0 Å². The van der Waals surface area contributed by atoms with Crippen molar-refractivity contribution in [2.24, 2.45) is 0 Å². The zero-order valence-corrected chi connectivity index (χ0v) is 13.8. The number of halogens is 1. The molecule has 1 aromatic heterocycles. The molecule has 1 unspecified atom stereocenters. The number of nitrogens with zero attached hydrogens (tertiary/aromatic N) is 3. The Bertz CT molecular complexity index is 669. The maximum absolute atomic E-state index is 12.1. The number of benzene rings is 1. The van der Waals surface area contributed by atoms with Crippen LogP contribution in [0, 0.1) is 6.92 Å². The van der Waals surface area contributed by atoms with Crippen LogP contribution in [0.2, 0.25) is 5.02 Å². The molecular weight excluding hydrogens is 304 g/mol. The van der Waals surface area contributed by atoms with E-state index in [0.717, 1.165) is 5.56 Å². The molecule has 0 aliphatic carbocycles. The van der Waals surface area contributed by atoms with Crippen molar-refractivity contribution in [1.82, 2.24) is 15.0 Å². The van der Waals surface area contributed by atoms with Gasteiger partial charge in [0.25, 0.3) is 5.91 Å². The van der Waals surface area contributed by atoms with Gasteiger partial charge in [0.05, 0.1) is 6.20 Å². The molecule has 0 aliphatic rings. The predicted octanol–water partition coefficient (Wildman–Crippen LogP) is 3.23. The summed E-state index contributed by atoms with van der Waals surface area (Å²) in [6.45, 7) is 7.51. The molecule has 1 atom stereocenters. The Labute approximate surface area is 134 Å². The van der Waals surface area contributed by atoms with Crippen molar-refractivity contribution in [3.8, 4) is 5.75 Å². The summed E-state index contributed by atoms with van der Waals surface area (Å²) in [5.74, 6) is 0.741. The maximum Gasteiger partial charge on any atom is 0.266 e. The summed E-state index contributed by atoms with van der Waals surface area (Å²) in [5.41, 5.74) is 0.873. The Morgan fingerprint density at radius 3 is 2.68 bits per heavy atom. The summed E-state index contributed by atoms with van der Waals surface area (Å²) >= 11 is 5.90. The molecule has 6 nitrogen and oxygen atoms in total. The molecule has 118 valence electrons. The van der Waals surface area contributed by atoms with Gasteiger partial charge in [-0.15, -0.1) is 5.10 Å². The van der Waals surface area contributed by atoms with Crippen molar-refractivity contribution in [2.45, 2.75) is 39.8 Å². The molecule has 22 heavy (non-hydrogen) atoms. The number of ether oxygens (including phenoxy) is 1. The molecule has 0 spiro atoms. The number of hydrogen-bond acceptors (Lipinski definition) is 4. The van der Waals surface area contributed by atoms with Crippen LogP contribution in [0.15, 0.2) is 24.4 Å². The lowest BCUT2D eigenvalue weighted by atomic mass is 10.2. The van der Waals surface area contributed by atoms with Crippen molar-refractivity contribution >= 4 is 23.3 Å². The van der Waals surface area contributed by atoms with E-state index in [-0.39, 0.29) is 11.9 Å². The number of aromatic nitrogens is 3. The van der Waals surface area contributed by atoms with E-state index < -0.39 is 6.10 Å². The Kier molecular flexibility index (Phi) is 5.03. The van der Waals surface area contributed by atoms with Crippen LogP contribution >= 0.6 is 11.6 Å². The average molecular weight is 323 g/mol. The molecule has 0 bridgehead atoms. The van der Waals surface area contributed by atoms with Gasteiger partial charge in [0, 0.05) is 11.1 Å². The molecule has 0 fully saturated rings. The van der Waals surface area contributed by atoms with E-state index in [0.29, 0.717) is 16.6 Å². The highest BCUT2D eigenvalue weighted by Gasteiger charge is 2.17. The topological polar surface area (TPSA) is 69.0 Å². The van der Waals surface area contributed by atoms with Crippen LogP contribution in [-0.2, 0) is 4.79 Å². The highest BCUT2D eigenvalue weighted by molar-refractivity contribution is 6.30. The van der Waals surface area contributed by atoms with Crippen molar-refractivity contribution in [3.63, 3.8) is 0 Å². The number of anilines is 1. The van der Waals surface area contributed by atoms with E-state index in [1.807, 2.05) is 20.8 Å². The van der Waals surface area contributed by atoms with Gasteiger partial charge in [-0.2, -0.15) is 0 Å². The third-order valence-electron chi connectivity index (χ3n) is 3.10. The molecule has 1 heterocycles. The summed E-state index contributed by atoms with van der Waals surface area (Å²) in [6.07, 6.45) is 1.02. The third-order valence-corrected chi connectivity index (χ3v) is 3.34. The van der Waals surface area contributed by atoms with E-state index in [1.54, 1.807) is 36.0 Å². The fourth-order valence-corrected chi connectivity index (χ4v) is 2.03. The smallest absolute Gasteiger partial charge is 0.266 e. The van der Waals surface area contributed by atoms with E-state index >= 15 is 0 Å². The molecular formula is C15H19ClN4O2. The van der Waals surface area contributed by atoms with Gasteiger partial charge < -0.3 is 10.1 Å². The van der Waals surface area contributed by atoms with Gasteiger partial charge >= 0.3 is 0 Å². The second-order valence-electron chi connectivity index (χ2n) is 5.34. The van der Waals surface area contributed by atoms with E-state index in [1.165, 1.54) is 0 Å². The van der Waals surface area contributed by atoms with Crippen molar-refractivity contribution in [1.29, 1.82) is 0 Å². The summed E-state index contributed by atoms with van der Waals surface area (Å²) in [6, 6.07) is 5.44. The zero-order chi connectivity index (χ0) is 16.3. The second kappa shape index (κ2) is 6.79. The van der Waals surface area contributed by atoms with Crippen LogP contribution in [0.4, 0.5) is 5.82 Å². The first kappa shape index (κ1) is 16.3. The van der Waals surface area contributed by atoms with Crippen LogP contribution < -0.4 is 10.1 Å². The van der Waals surface area contributed by atoms with E-state index in [9.17, 15) is 4.79 Å². The Morgan fingerprint density at radius 1 is 1.36 bits per heavy atom. The lowest BCUT2D eigenvalue weighted by Gasteiger charge is -2.15. The molecule has 0 aliphatic heterocycles. The first-order valence-electron chi connectivity index (χ1n) is 7.02. The second-order valence-corrected chi connectivity index (χ2v) is 5.77. The highest BCUT2D eigenvalue weighted by Crippen LogP contribution is 2.23. The number of rotatable bonds is 5. The number of amides is 1. The number of aryl methyl sites for hydroxylation is 1. The van der Waals surface area contributed by atoms with Gasteiger partial charge in [0.2, 0.25) is 0 Å². The van der Waals surface area contributed by atoms with Crippen LogP contribution in [-0.4, -0.2) is 27.0 Å². The number of nitrogens with one attached hydrogen (secondary N) is 1. The summed E-state index contributed by atoms with van der Waals surface area (Å²) in [4.78, 5) is 12.1. The molecule has 0 radical (unpaired) electrons. The van der Waals surface area contributed by atoms with Gasteiger partial charge in [0.15, 0.2) is 11.9 Å². The standard InChI is InChI=1S/C15H19ClN4O2/c1-9(2)20-8-14(18-19-20)17-15(21)11(4)22-13-6-5-12(16)7-10(13)3/h5-9,11H,1-4H3,(H,17,21). The Balaban J connectivity index is 1.99. The molecule has 1 aromatic carbocycles. The van der Waals surface area contributed by atoms with Crippen LogP contribution in [0.3, 0.4) is 0 Å². The van der Waals surface area contributed by atoms with Crippen molar-refractivity contribution in [2.75, 3.05) is 5.32 Å². The normalized spacial score (nSPS) is 12.3. The fourth-order valence-electron chi connectivity index (χ4n) is 1.80. The number of carbonyl (C=O) groups excluding carboxylic acids is 1. The van der Waals surface area contributed by atoms with Crippen LogP contribution in [0.25, 0.3) is 0 Å². The SMILES string of the molecule is Cc1cc(Cl)ccc1OC(C)C(=O)Nc1cn(C(C)C)nn1. The summed E-state index contributed by atoms with van der Waals surface area (Å²) < 4.78 is 7.33. The summed E-state index contributed by atoms with van der Waals surface area (Å²) in [7, 11) is 0. The van der Waals surface area contributed by atoms with Gasteiger partial charge in [-0.1, -0.05) is 16.8 Å². The molecule has 0 saturated heterocycles. The fraction of sp³-hybridized carbons (Fsp3) is 0.400. The number of carbonyl (C=O) groups is 1. The number of hydrogen-bond donors (Lipinski definition) is 1. The zero-order valence-electron chi connectivity index (χ0n) is 13.0. The van der Waals surface area contributed by atoms with Gasteiger partial charge in [-0.05, 0) is 51.5 Å². The Morgan fingerprint density at radius 2 is 2.09 bits per heavy atom. The van der Waals surface area contributed by atoms with Crippen molar-refractivity contribution < 1.29 is 9.53 Å². The molecule has 0 saturated carbocycles. The molecule has 7 heteroatoms. The molecule has 2 rings (SSSR count). The molecule has 1 N–H and O–H groups in total. The van der Waals surface area contributed by atoms with Gasteiger partial charge in [-0.3, -0.25) is 4.79 Å². The largest absolute Gasteiger partial charge is 0.481 e. The van der Waals surface area contributed by atoms with Crippen LogP contribution in [0.1, 0.15) is 32.4 Å². The third kappa shape index (κ3) is 3.98. The predicted molar refractivity (Wildman–Crippen MR) is 85.3 cm³/mol. The molecule has 1 amide bonds. The lowest BCUT2D eigenvalue weighted by molar-refractivity contribution is -0.122. The summed E-state index contributed by atoms with van der Waals surface area (Å²) in [5, 5.41) is 11.2. The maximum atomic E-state index is 12.1. The van der Waals surface area contributed by atoms with Gasteiger partial charge in [-0.25, -0.2) is 4.68 Å². The minimum absolute atomic E-state index is 0.184. The minimum atomic E-state index is -0.663. The van der Waals surface area contributed by atoms with Crippen LogP contribution in [0.5, 0.6) is 5.75 Å². The molecule has 2 aromatic rings. The van der Waals surface area contributed by atoms with E-state index in [4.69, 9.17) is 16.3 Å². The lowest BCUT2D eigenvalue weighted by Crippen LogP contribution is -2.30. The first-order chi connectivity index (χ1) is 10.4. The monoisotopic (exact) mass is 322 g/mol. The average Bonchev–Trinajstić information content (AvgIpc) is 2.90. The Hall–Kier alpha value is -2.08. The highest BCUT2D eigenvalue weighted by atomic mass is 35.5. The first-order valence-corrected chi connectivity index (χ1v) is 7.40. The minimum Gasteiger partial charge on any atom is -0.481 e. The van der Waals surface area contributed by atoms with Gasteiger partial charge in [0.1, 0.15) is 5.75 Å².